The summed E-state index contributed by atoms with van der Waals surface area (Å²) in [6.45, 7) is 5.10. The summed E-state index contributed by atoms with van der Waals surface area (Å²) in [6.07, 6.45) is 1.62. The summed E-state index contributed by atoms with van der Waals surface area (Å²) < 4.78 is 0. The van der Waals surface area contributed by atoms with E-state index >= 15 is 0 Å². The van der Waals surface area contributed by atoms with Crippen molar-refractivity contribution in [2.75, 3.05) is 11.9 Å². The molecule has 0 aliphatic rings. The Morgan fingerprint density at radius 3 is 2.90 bits per heavy atom. The first-order chi connectivity index (χ1) is 9.69. The average Bonchev–Trinajstić information content (AvgIpc) is 2.45. The maximum absolute atomic E-state index is 12.1. The molecule has 0 aromatic carbocycles. The van der Waals surface area contributed by atoms with Gasteiger partial charge >= 0.3 is 0 Å². The lowest BCUT2D eigenvalue weighted by Gasteiger charge is -2.07. The van der Waals surface area contributed by atoms with Crippen molar-refractivity contribution in [3.63, 3.8) is 0 Å². The van der Waals surface area contributed by atoms with Crippen LogP contribution in [0.4, 0.5) is 5.82 Å². The van der Waals surface area contributed by atoms with E-state index in [2.05, 4.69) is 20.6 Å². The number of hydrogen-bond acceptors (Lipinski definition) is 4. The molecule has 0 atom stereocenters. The lowest BCUT2D eigenvalue weighted by atomic mass is 10.2. The highest BCUT2D eigenvalue weighted by atomic mass is 16.1. The van der Waals surface area contributed by atoms with Crippen LogP contribution < -0.4 is 10.6 Å². The number of carbonyl (C=O) groups is 1. The lowest BCUT2D eigenvalue weighted by Crippen LogP contribution is -2.23. The van der Waals surface area contributed by atoms with E-state index in [1.165, 1.54) is 0 Å². The minimum atomic E-state index is -0.130. The number of aromatic nitrogens is 2. The summed E-state index contributed by atoms with van der Waals surface area (Å²) in [6, 6.07) is 9.18. The summed E-state index contributed by atoms with van der Waals surface area (Å²) in [7, 11) is 0. The van der Waals surface area contributed by atoms with Crippen LogP contribution in [0, 0.1) is 6.92 Å². The Kier molecular flexibility index (Phi) is 4.65. The zero-order valence-electron chi connectivity index (χ0n) is 11.7. The fourth-order valence-electron chi connectivity index (χ4n) is 1.82. The highest BCUT2D eigenvalue weighted by Gasteiger charge is 2.06. The molecular weight excluding hydrogens is 252 g/mol. The van der Waals surface area contributed by atoms with Gasteiger partial charge in [0.05, 0.1) is 12.2 Å². The molecule has 0 aliphatic carbocycles. The van der Waals surface area contributed by atoms with Gasteiger partial charge in [-0.3, -0.25) is 9.78 Å². The molecule has 0 aliphatic heterocycles. The van der Waals surface area contributed by atoms with Gasteiger partial charge in [-0.15, -0.1) is 0 Å². The maximum atomic E-state index is 12.1. The van der Waals surface area contributed by atoms with E-state index in [1.807, 2.05) is 32.0 Å². The van der Waals surface area contributed by atoms with Crippen LogP contribution >= 0.6 is 0 Å². The molecule has 5 heteroatoms. The van der Waals surface area contributed by atoms with Gasteiger partial charge in [-0.2, -0.15) is 0 Å². The summed E-state index contributed by atoms with van der Waals surface area (Å²) in [5.74, 6) is 0.573. The number of pyridine rings is 2. The molecule has 1 amide bonds. The van der Waals surface area contributed by atoms with Crippen molar-refractivity contribution in [2.24, 2.45) is 0 Å². The number of hydrogen-bond donors (Lipinski definition) is 2. The number of amides is 1. The third-order valence-electron chi connectivity index (χ3n) is 2.76. The number of rotatable bonds is 5. The maximum Gasteiger partial charge on any atom is 0.251 e. The zero-order chi connectivity index (χ0) is 14.4. The van der Waals surface area contributed by atoms with Gasteiger partial charge in [0.25, 0.3) is 5.91 Å². The quantitative estimate of drug-likeness (QED) is 0.873. The Hall–Kier alpha value is -2.43. The van der Waals surface area contributed by atoms with Crippen LogP contribution in [0.2, 0.25) is 0 Å². The second-order valence-electron chi connectivity index (χ2n) is 4.41. The number of anilines is 1. The fraction of sp³-hybridized carbons (Fsp3) is 0.267. The SMILES string of the molecule is CCNc1cc(C(=O)NCc2cccc(C)n2)ccn1. The van der Waals surface area contributed by atoms with E-state index in [4.69, 9.17) is 0 Å². The lowest BCUT2D eigenvalue weighted by molar-refractivity contribution is 0.0950. The molecule has 0 fully saturated rings. The molecule has 0 bridgehead atoms. The topological polar surface area (TPSA) is 66.9 Å². The number of nitrogens with one attached hydrogen (secondary N) is 2. The average molecular weight is 270 g/mol. The molecule has 2 heterocycles. The van der Waals surface area contributed by atoms with Crippen molar-refractivity contribution < 1.29 is 4.79 Å². The third kappa shape index (κ3) is 3.78. The molecule has 2 aromatic heterocycles. The predicted molar refractivity (Wildman–Crippen MR) is 78.5 cm³/mol. The van der Waals surface area contributed by atoms with E-state index in [-0.39, 0.29) is 5.91 Å². The van der Waals surface area contributed by atoms with E-state index < -0.39 is 0 Å². The number of carbonyl (C=O) groups excluding carboxylic acids is 1. The molecule has 20 heavy (non-hydrogen) atoms. The van der Waals surface area contributed by atoms with Crippen LogP contribution in [0.5, 0.6) is 0 Å². The Bertz CT molecular complexity index is 598. The molecule has 0 saturated heterocycles. The molecule has 2 rings (SSSR count). The Morgan fingerprint density at radius 2 is 2.15 bits per heavy atom. The van der Waals surface area contributed by atoms with Gasteiger partial charge in [0, 0.05) is 24.0 Å². The van der Waals surface area contributed by atoms with Gasteiger partial charge in [-0.05, 0) is 38.1 Å². The summed E-state index contributed by atoms with van der Waals surface area (Å²) >= 11 is 0. The molecule has 2 aromatic rings. The van der Waals surface area contributed by atoms with E-state index in [0.29, 0.717) is 17.9 Å². The van der Waals surface area contributed by atoms with E-state index in [0.717, 1.165) is 17.9 Å². The summed E-state index contributed by atoms with van der Waals surface area (Å²) in [4.78, 5) is 20.5. The summed E-state index contributed by atoms with van der Waals surface area (Å²) in [5.41, 5.74) is 2.37. The minimum absolute atomic E-state index is 0.130. The first-order valence-corrected chi connectivity index (χ1v) is 6.59. The smallest absolute Gasteiger partial charge is 0.251 e. The standard InChI is InChI=1S/C15H18N4O/c1-3-16-14-9-12(7-8-17-14)15(20)18-10-13-6-4-5-11(2)19-13/h4-9H,3,10H2,1-2H3,(H,16,17)(H,18,20). The number of aryl methyl sites for hydroxylation is 1. The monoisotopic (exact) mass is 270 g/mol. The molecule has 0 spiro atoms. The van der Waals surface area contributed by atoms with Gasteiger partial charge in [-0.1, -0.05) is 6.07 Å². The van der Waals surface area contributed by atoms with Crippen molar-refractivity contribution in [3.8, 4) is 0 Å². The van der Waals surface area contributed by atoms with E-state index in [9.17, 15) is 4.79 Å². The normalized spacial score (nSPS) is 10.1. The van der Waals surface area contributed by atoms with Crippen molar-refractivity contribution >= 4 is 11.7 Å². The van der Waals surface area contributed by atoms with Crippen molar-refractivity contribution in [1.29, 1.82) is 0 Å². The van der Waals surface area contributed by atoms with Crippen LogP contribution in [0.15, 0.2) is 36.5 Å². The first-order valence-electron chi connectivity index (χ1n) is 6.59. The molecule has 104 valence electrons. The molecule has 0 unspecified atom stereocenters. The van der Waals surface area contributed by atoms with Crippen LogP contribution in [-0.2, 0) is 6.54 Å². The molecule has 0 radical (unpaired) electrons. The Morgan fingerprint density at radius 1 is 1.30 bits per heavy atom. The highest BCUT2D eigenvalue weighted by molar-refractivity contribution is 5.94. The van der Waals surface area contributed by atoms with Gasteiger partial charge < -0.3 is 10.6 Å². The molecule has 5 nitrogen and oxygen atoms in total. The van der Waals surface area contributed by atoms with Crippen LogP contribution in [-0.4, -0.2) is 22.4 Å². The van der Waals surface area contributed by atoms with Crippen LogP contribution in [0.1, 0.15) is 28.7 Å². The van der Waals surface area contributed by atoms with Gasteiger partial charge in [0.2, 0.25) is 0 Å². The largest absolute Gasteiger partial charge is 0.370 e. The molecule has 0 saturated carbocycles. The number of nitrogens with zero attached hydrogens (tertiary/aromatic N) is 2. The minimum Gasteiger partial charge on any atom is -0.370 e. The van der Waals surface area contributed by atoms with Gasteiger partial charge in [0.15, 0.2) is 0 Å². The Labute approximate surface area is 118 Å². The van der Waals surface area contributed by atoms with Gasteiger partial charge in [0.1, 0.15) is 5.82 Å². The highest BCUT2D eigenvalue weighted by Crippen LogP contribution is 2.07. The molecular formula is C15H18N4O. The van der Waals surface area contributed by atoms with Crippen molar-refractivity contribution in [3.05, 3.63) is 53.5 Å². The van der Waals surface area contributed by atoms with Crippen molar-refractivity contribution in [2.45, 2.75) is 20.4 Å². The van der Waals surface area contributed by atoms with Crippen LogP contribution in [0.3, 0.4) is 0 Å². The molecule has 2 N–H and O–H groups in total. The fourth-order valence-corrected chi connectivity index (χ4v) is 1.82. The zero-order valence-corrected chi connectivity index (χ0v) is 11.7. The summed E-state index contributed by atoms with van der Waals surface area (Å²) in [5, 5.41) is 5.94. The second-order valence-corrected chi connectivity index (χ2v) is 4.41. The van der Waals surface area contributed by atoms with E-state index in [1.54, 1.807) is 18.3 Å². The van der Waals surface area contributed by atoms with Crippen LogP contribution in [0.25, 0.3) is 0 Å². The second kappa shape index (κ2) is 6.65. The van der Waals surface area contributed by atoms with Crippen molar-refractivity contribution in [1.82, 2.24) is 15.3 Å². The predicted octanol–water partition coefficient (Wildman–Crippen LogP) is 2.15. The third-order valence-corrected chi connectivity index (χ3v) is 2.76. The Balaban J connectivity index is 1.99. The van der Waals surface area contributed by atoms with Gasteiger partial charge in [-0.25, -0.2) is 4.98 Å². The first kappa shape index (κ1) is 14.0.